The van der Waals surface area contributed by atoms with Gasteiger partial charge in [0.1, 0.15) is 12.0 Å². The zero-order valence-corrected chi connectivity index (χ0v) is 11.7. The Morgan fingerprint density at radius 1 is 1.28 bits per heavy atom. The van der Waals surface area contributed by atoms with Crippen LogP contribution < -0.4 is 4.74 Å². The minimum atomic E-state index is 0.422. The molecule has 0 heterocycles. The molecule has 0 N–H and O–H groups in total. The average Bonchev–Trinajstić information content (AvgIpc) is 2.42. The zero-order valence-electron chi connectivity index (χ0n) is 11.7. The maximum absolute atomic E-state index is 10.8. The Hall–Kier alpha value is -1.31. The standard InChI is InChI=1S/C16H24O2/c1-4-6-7-10-18-16-9-8-14(12-17)11-15(16)13(3)5-2/h8-9,11-13H,4-7,10H2,1-3H3. The van der Waals surface area contributed by atoms with Crippen LogP contribution in [-0.4, -0.2) is 12.9 Å². The summed E-state index contributed by atoms with van der Waals surface area (Å²) < 4.78 is 5.85. The molecule has 0 bridgehead atoms. The van der Waals surface area contributed by atoms with Crippen molar-refractivity contribution in [2.24, 2.45) is 0 Å². The number of hydrogen-bond acceptors (Lipinski definition) is 2. The van der Waals surface area contributed by atoms with Gasteiger partial charge in [-0.3, -0.25) is 4.79 Å². The molecule has 0 spiro atoms. The van der Waals surface area contributed by atoms with Gasteiger partial charge in [-0.2, -0.15) is 0 Å². The average molecular weight is 248 g/mol. The van der Waals surface area contributed by atoms with Crippen LogP contribution in [-0.2, 0) is 0 Å². The Kier molecular flexibility index (Phi) is 6.48. The molecule has 100 valence electrons. The highest BCUT2D eigenvalue weighted by Gasteiger charge is 2.11. The second-order valence-corrected chi connectivity index (χ2v) is 4.78. The Balaban J connectivity index is 2.78. The van der Waals surface area contributed by atoms with Gasteiger partial charge in [-0.05, 0) is 42.5 Å². The van der Waals surface area contributed by atoms with Crippen molar-refractivity contribution >= 4 is 6.29 Å². The van der Waals surface area contributed by atoms with E-state index in [-0.39, 0.29) is 0 Å². The van der Waals surface area contributed by atoms with Crippen molar-refractivity contribution in [2.45, 2.75) is 52.4 Å². The van der Waals surface area contributed by atoms with Gasteiger partial charge in [0.25, 0.3) is 0 Å². The molecule has 1 atom stereocenters. The lowest BCUT2D eigenvalue weighted by Gasteiger charge is -2.16. The van der Waals surface area contributed by atoms with E-state index < -0.39 is 0 Å². The van der Waals surface area contributed by atoms with Crippen molar-refractivity contribution in [1.29, 1.82) is 0 Å². The first-order chi connectivity index (χ1) is 8.72. The third-order valence-electron chi connectivity index (χ3n) is 3.32. The molecular formula is C16H24O2. The summed E-state index contributed by atoms with van der Waals surface area (Å²) in [5.41, 5.74) is 1.88. The lowest BCUT2D eigenvalue weighted by molar-refractivity contribution is 0.112. The number of rotatable bonds is 8. The van der Waals surface area contributed by atoms with Crippen molar-refractivity contribution < 1.29 is 9.53 Å². The van der Waals surface area contributed by atoms with E-state index in [2.05, 4.69) is 20.8 Å². The second kappa shape index (κ2) is 7.91. The first-order valence-electron chi connectivity index (χ1n) is 6.94. The van der Waals surface area contributed by atoms with Crippen molar-refractivity contribution in [3.8, 4) is 5.75 Å². The minimum absolute atomic E-state index is 0.422. The minimum Gasteiger partial charge on any atom is -0.493 e. The van der Waals surface area contributed by atoms with Gasteiger partial charge in [0.15, 0.2) is 0 Å². The normalized spacial score (nSPS) is 12.2. The maximum atomic E-state index is 10.8. The SMILES string of the molecule is CCCCCOc1ccc(C=O)cc1C(C)CC. The summed E-state index contributed by atoms with van der Waals surface area (Å²) >= 11 is 0. The van der Waals surface area contributed by atoms with Gasteiger partial charge in [-0.1, -0.05) is 33.6 Å². The molecule has 18 heavy (non-hydrogen) atoms. The molecule has 0 saturated carbocycles. The van der Waals surface area contributed by atoms with E-state index in [0.717, 1.165) is 42.6 Å². The van der Waals surface area contributed by atoms with Crippen LogP contribution in [0.2, 0.25) is 0 Å². The van der Waals surface area contributed by atoms with Crippen LogP contribution in [0.4, 0.5) is 0 Å². The molecule has 0 amide bonds. The van der Waals surface area contributed by atoms with Gasteiger partial charge < -0.3 is 4.74 Å². The molecule has 2 nitrogen and oxygen atoms in total. The lowest BCUT2D eigenvalue weighted by atomic mass is 9.96. The zero-order chi connectivity index (χ0) is 13.4. The number of carbonyl (C=O) groups is 1. The number of carbonyl (C=O) groups excluding carboxylic acids is 1. The molecule has 0 aromatic heterocycles. The van der Waals surface area contributed by atoms with Crippen LogP contribution in [0, 0.1) is 0 Å². The number of benzene rings is 1. The van der Waals surface area contributed by atoms with E-state index in [4.69, 9.17) is 4.74 Å². The Morgan fingerprint density at radius 3 is 2.67 bits per heavy atom. The third-order valence-corrected chi connectivity index (χ3v) is 3.32. The van der Waals surface area contributed by atoms with Gasteiger partial charge in [0.2, 0.25) is 0 Å². The molecule has 0 saturated heterocycles. The van der Waals surface area contributed by atoms with Crippen LogP contribution in [0.15, 0.2) is 18.2 Å². The van der Waals surface area contributed by atoms with Crippen molar-refractivity contribution in [2.75, 3.05) is 6.61 Å². The first-order valence-corrected chi connectivity index (χ1v) is 6.94. The number of ether oxygens (including phenoxy) is 1. The van der Waals surface area contributed by atoms with E-state index in [1.165, 1.54) is 12.8 Å². The molecule has 0 radical (unpaired) electrons. The first kappa shape index (κ1) is 14.7. The Labute approximate surface area is 110 Å². The molecule has 1 aromatic carbocycles. The third kappa shape index (κ3) is 4.17. The second-order valence-electron chi connectivity index (χ2n) is 4.78. The molecule has 0 aliphatic rings. The highest BCUT2D eigenvalue weighted by Crippen LogP contribution is 2.29. The van der Waals surface area contributed by atoms with Gasteiger partial charge in [0, 0.05) is 5.56 Å². The van der Waals surface area contributed by atoms with Crippen LogP contribution >= 0.6 is 0 Å². The molecule has 0 aliphatic carbocycles. The van der Waals surface area contributed by atoms with E-state index in [1.54, 1.807) is 0 Å². The summed E-state index contributed by atoms with van der Waals surface area (Å²) in [5, 5.41) is 0. The lowest BCUT2D eigenvalue weighted by Crippen LogP contribution is -2.03. The maximum Gasteiger partial charge on any atom is 0.150 e. The van der Waals surface area contributed by atoms with Crippen LogP contribution in [0.5, 0.6) is 5.75 Å². The quantitative estimate of drug-likeness (QED) is 0.497. The molecule has 0 fully saturated rings. The van der Waals surface area contributed by atoms with E-state index in [1.807, 2.05) is 18.2 Å². The summed E-state index contributed by atoms with van der Waals surface area (Å²) in [6, 6.07) is 5.71. The fourth-order valence-electron chi connectivity index (χ4n) is 1.91. The predicted octanol–water partition coefficient (Wildman–Crippen LogP) is 4.58. The van der Waals surface area contributed by atoms with E-state index in [0.29, 0.717) is 5.92 Å². The number of hydrogen-bond donors (Lipinski definition) is 0. The van der Waals surface area contributed by atoms with E-state index >= 15 is 0 Å². The largest absolute Gasteiger partial charge is 0.493 e. The van der Waals surface area contributed by atoms with Gasteiger partial charge in [-0.25, -0.2) is 0 Å². The predicted molar refractivity (Wildman–Crippen MR) is 75.6 cm³/mol. The van der Waals surface area contributed by atoms with Gasteiger partial charge in [0.05, 0.1) is 6.61 Å². The number of unbranched alkanes of at least 4 members (excludes halogenated alkanes) is 2. The molecule has 1 rings (SSSR count). The van der Waals surface area contributed by atoms with Crippen LogP contribution in [0.3, 0.4) is 0 Å². The summed E-state index contributed by atoms with van der Waals surface area (Å²) in [7, 11) is 0. The van der Waals surface area contributed by atoms with Crippen molar-refractivity contribution in [1.82, 2.24) is 0 Å². The molecule has 2 heteroatoms. The molecule has 0 aliphatic heterocycles. The highest BCUT2D eigenvalue weighted by atomic mass is 16.5. The molecule has 1 unspecified atom stereocenters. The van der Waals surface area contributed by atoms with Crippen LogP contribution in [0.1, 0.15) is 68.3 Å². The summed E-state index contributed by atoms with van der Waals surface area (Å²) in [6.07, 6.45) is 5.43. The van der Waals surface area contributed by atoms with Gasteiger partial charge in [-0.15, -0.1) is 0 Å². The summed E-state index contributed by atoms with van der Waals surface area (Å²) in [6.45, 7) is 7.27. The van der Waals surface area contributed by atoms with E-state index in [9.17, 15) is 4.79 Å². The van der Waals surface area contributed by atoms with Crippen molar-refractivity contribution in [3.63, 3.8) is 0 Å². The fraction of sp³-hybridized carbons (Fsp3) is 0.562. The Morgan fingerprint density at radius 2 is 2.06 bits per heavy atom. The Bertz CT molecular complexity index is 371. The summed E-state index contributed by atoms with van der Waals surface area (Å²) in [4.78, 5) is 10.8. The summed E-state index contributed by atoms with van der Waals surface area (Å²) in [5.74, 6) is 1.36. The topological polar surface area (TPSA) is 26.3 Å². The molecular weight excluding hydrogens is 224 g/mol. The smallest absolute Gasteiger partial charge is 0.150 e. The van der Waals surface area contributed by atoms with Crippen molar-refractivity contribution in [3.05, 3.63) is 29.3 Å². The highest BCUT2D eigenvalue weighted by molar-refractivity contribution is 5.75. The van der Waals surface area contributed by atoms with Gasteiger partial charge >= 0.3 is 0 Å². The monoisotopic (exact) mass is 248 g/mol. The number of aldehydes is 1. The fourth-order valence-corrected chi connectivity index (χ4v) is 1.91. The van der Waals surface area contributed by atoms with Crippen LogP contribution in [0.25, 0.3) is 0 Å². The molecule has 1 aromatic rings.